The summed E-state index contributed by atoms with van der Waals surface area (Å²) in [6.45, 7) is 0. The number of hydrogen-bond acceptors (Lipinski definition) is 8. The molecule has 12 nitrogen and oxygen atoms in total. The van der Waals surface area contributed by atoms with E-state index in [9.17, 15) is 19.5 Å². The van der Waals surface area contributed by atoms with Gasteiger partial charge in [0.2, 0.25) is 11.9 Å². The van der Waals surface area contributed by atoms with Gasteiger partial charge in [-0.2, -0.15) is 4.98 Å². The van der Waals surface area contributed by atoms with E-state index in [1.54, 1.807) is 23.1 Å². The molecule has 3 aliphatic rings. The third kappa shape index (κ3) is 2.86. The quantitative estimate of drug-likeness (QED) is 0.220. The Hall–Kier alpha value is -5.13. The highest BCUT2D eigenvalue weighted by atomic mass is 16.3. The number of nitrogen functional groups attached to an aromatic ring is 1. The van der Waals surface area contributed by atoms with Gasteiger partial charge in [-0.3, -0.25) is 19.4 Å². The van der Waals surface area contributed by atoms with E-state index >= 15 is 0 Å². The smallest absolute Gasteiger partial charge is 0.278 e. The minimum Gasteiger partial charge on any atom is -0.508 e. The normalized spacial score (nSPS) is 25.1. The van der Waals surface area contributed by atoms with E-state index in [2.05, 4.69) is 30.6 Å². The number of phenols is 1. The van der Waals surface area contributed by atoms with Crippen LogP contribution in [0.5, 0.6) is 5.75 Å². The lowest BCUT2D eigenvalue weighted by Crippen LogP contribution is -2.58. The van der Waals surface area contributed by atoms with Crippen molar-refractivity contribution in [1.82, 2.24) is 30.2 Å². The van der Waals surface area contributed by atoms with Crippen LogP contribution in [-0.2, 0) is 15.0 Å². The molecule has 2 fully saturated rings. The molecule has 0 spiro atoms. The number of H-pyrrole nitrogens is 2. The zero-order chi connectivity index (χ0) is 25.5. The summed E-state index contributed by atoms with van der Waals surface area (Å²) in [4.78, 5) is 55.6. The zero-order valence-electron chi connectivity index (χ0n) is 19.1. The van der Waals surface area contributed by atoms with E-state index in [4.69, 9.17) is 5.73 Å². The summed E-state index contributed by atoms with van der Waals surface area (Å²) >= 11 is 0. The molecule has 2 aromatic heterocycles. The van der Waals surface area contributed by atoms with Gasteiger partial charge in [0.15, 0.2) is 11.2 Å². The van der Waals surface area contributed by atoms with Crippen LogP contribution in [-0.4, -0.2) is 54.0 Å². The van der Waals surface area contributed by atoms with Crippen molar-refractivity contribution >= 4 is 40.7 Å². The van der Waals surface area contributed by atoms with Crippen molar-refractivity contribution in [3.63, 3.8) is 0 Å². The van der Waals surface area contributed by atoms with Crippen molar-refractivity contribution in [2.75, 3.05) is 11.1 Å². The summed E-state index contributed by atoms with van der Waals surface area (Å²) in [5.74, 6) is -0.237. The topological polar surface area (TPSA) is 182 Å². The number of fused-ring (bicyclic) bond motifs is 6. The number of rotatable bonds is 2. The fourth-order valence-corrected chi connectivity index (χ4v) is 5.74. The zero-order valence-corrected chi connectivity index (χ0v) is 19.1. The fourth-order valence-electron chi connectivity index (χ4n) is 5.74. The number of aromatic hydroxyl groups is 1. The van der Waals surface area contributed by atoms with E-state index in [0.717, 1.165) is 11.3 Å². The second kappa shape index (κ2) is 7.20. The van der Waals surface area contributed by atoms with Crippen LogP contribution in [0, 0.1) is 0 Å². The molecule has 0 saturated carbocycles. The minimum atomic E-state index is -0.954. The highest BCUT2D eigenvalue weighted by Crippen LogP contribution is 2.54. The highest BCUT2D eigenvalue weighted by molar-refractivity contribution is 6.08. The highest BCUT2D eigenvalue weighted by Gasteiger charge is 2.64. The molecule has 2 aromatic carbocycles. The number of carbonyl (C=O) groups is 2. The van der Waals surface area contributed by atoms with Crippen molar-refractivity contribution < 1.29 is 14.7 Å². The number of carbonyl (C=O) groups excluding carboxylic acids is 2. The lowest BCUT2D eigenvalue weighted by Gasteiger charge is -2.35. The van der Waals surface area contributed by atoms with Gasteiger partial charge in [-0.1, -0.05) is 30.3 Å². The molecule has 3 atom stereocenters. The van der Waals surface area contributed by atoms with Crippen molar-refractivity contribution in [3.05, 3.63) is 81.5 Å². The Bertz CT molecular complexity index is 1720. The molecule has 5 heterocycles. The maximum atomic E-state index is 13.8. The molecule has 7 N–H and O–H groups in total. The van der Waals surface area contributed by atoms with Gasteiger partial charge in [-0.25, -0.2) is 4.98 Å². The second-order valence-corrected chi connectivity index (χ2v) is 9.37. The van der Waals surface area contributed by atoms with Crippen molar-refractivity contribution in [2.45, 2.75) is 24.0 Å². The molecule has 3 aliphatic heterocycles. The Labute approximate surface area is 208 Å². The number of imidazole rings is 1. The predicted molar refractivity (Wildman–Crippen MR) is 133 cm³/mol. The van der Waals surface area contributed by atoms with Crippen LogP contribution in [0.3, 0.4) is 0 Å². The Morgan fingerprint density at radius 2 is 1.84 bits per heavy atom. The summed E-state index contributed by atoms with van der Waals surface area (Å²) in [7, 11) is 0. The van der Waals surface area contributed by atoms with Gasteiger partial charge >= 0.3 is 0 Å². The number of para-hydroxylation sites is 1. The van der Waals surface area contributed by atoms with Gasteiger partial charge in [-0.15, -0.1) is 0 Å². The third-order valence-electron chi connectivity index (χ3n) is 7.33. The molecule has 12 heteroatoms. The van der Waals surface area contributed by atoms with Gasteiger partial charge in [-0.05, 0) is 41.8 Å². The molecule has 7 rings (SSSR count). The molecule has 0 bridgehead atoms. The summed E-state index contributed by atoms with van der Waals surface area (Å²) in [5.41, 5.74) is 7.05. The molecule has 2 amide bonds. The molecular formula is C25H20N8O4. The Morgan fingerprint density at radius 3 is 2.65 bits per heavy atom. The summed E-state index contributed by atoms with van der Waals surface area (Å²) in [5, 5.41) is 15.7. The SMILES string of the molecule is Nc1nc2nc(C34CC5C(=O)NC(=Cc6ccc(O)cc6)C(=O)N5C3Nc3ccccc34)[nH]c2c(=O)[nH]1. The van der Waals surface area contributed by atoms with Crippen LogP contribution < -0.4 is 21.9 Å². The van der Waals surface area contributed by atoms with E-state index in [-0.39, 0.29) is 46.8 Å². The van der Waals surface area contributed by atoms with Gasteiger partial charge < -0.3 is 31.4 Å². The number of anilines is 2. The maximum absolute atomic E-state index is 13.8. The van der Waals surface area contributed by atoms with Crippen LogP contribution in [0.15, 0.2) is 59.0 Å². The molecule has 0 aliphatic carbocycles. The summed E-state index contributed by atoms with van der Waals surface area (Å²) in [6, 6.07) is 13.1. The minimum absolute atomic E-state index is 0.0584. The second-order valence-electron chi connectivity index (χ2n) is 9.37. The Balaban J connectivity index is 1.39. The predicted octanol–water partition coefficient (Wildman–Crippen LogP) is 0.743. The number of nitrogens with one attached hydrogen (secondary N) is 4. The first-order valence-electron chi connectivity index (χ1n) is 11.6. The van der Waals surface area contributed by atoms with E-state index in [1.165, 1.54) is 12.1 Å². The van der Waals surface area contributed by atoms with Crippen LogP contribution in [0.4, 0.5) is 11.6 Å². The summed E-state index contributed by atoms with van der Waals surface area (Å²) < 4.78 is 0. The number of amides is 2. The van der Waals surface area contributed by atoms with Crippen LogP contribution in [0.25, 0.3) is 17.2 Å². The monoisotopic (exact) mass is 496 g/mol. The van der Waals surface area contributed by atoms with Gasteiger partial charge in [0.25, 0.3) is 11.5 Å². The lowest BCUT2D eigenvalue weighted by atomic mass is 9.77. The standard InChI is InChI=1S/C25H20N8O4/c26-24-31-18-17(20(36)32-24)29-22(30-18)25-10-16-19(35)27-15(9-11-5-7-12(34)8-6-11)21(37)33(16)23(25)28-14-4-2-1-3-13(14)25/h1-9,16,23,28,34H,10H2,(H,27,35)(H4,26,29,30,31,32,36). The maximum Gasteiger partial charge on any atom is 0.278 e. The van der Waals surface area contributed by atoms with Gasteiger partial charge in [0.1, 0.15) is 29.5 Å². The molecule has 2 saturated heterocycles. The number of piperazine rings is 1. The molecule has 3 unspecified atom stereocenters. The van der Waals surface area contributed by atoms with Crippen molar-refractivity contribution in [2.24, 2.45) is 0 Å². The van der Waals surface area contributed by atoms with E-state index < -0.39 is 23.2 Å². The van der Waals surface area contributed by atoms with Crippen LogP contribution in [0.2, 0.25) is 0 Å². The van der Waals surface area contributed by atoms with Gasteiger partial charge in [0, 0.05) is 5.69 Å². The summed E-state index contributed by atoms with van der Waals surface area (Å²) in [6.07, 6.45) is 1.15. The Kier molecular flexibility index (Phi) is 4.12. The number of hydrogen-bond donors (Lipinski definition) is 6. The van der Waals surface area contributed by atoms with Crippen LogP contribution >= 0.6 is 0 Å². The Morgan fingerprint density at radius 1 is 1.05 bits per heavy atom. The van der Waals surface area contributed by atoms with E-state index in [1.807, 2.05) is 24.3 Å². The van der Waals surface area contributed by atoms with Crippen molar-refractivity contribution in [3.8, 4) is 5.75 Å². The van der Waals surface area contributed by atoms with Crippen LogP contribution in [0.1, 0.15) is 23.4 Å². The number of phenolic OH excluding ortho intramolecular Hbond substituents is 1. The average Bonchev–Trinajstić information content (AvgIpc) is 3.53. The fraction of sp³-hybridized carbons (Fsp3) is 0.160. The third-order valence-corrected chi connectivity index (χ3v) is 7.33. The lowest BCUT2D eigenvalue weighted by molar-refractivity contribution is -0.141. The van der Waals surface area contributed by atoms with E-state index in [0.29, 0.717) is 11.4 Å². The molecular weight excluding hydrogens is 476 g/mol. The number of nitrogens with zero attached hydrogens (tertiary/aromatic N) is 3. The molecule has 37 heavy (non-hydrogen) atoms. The number of benzene rings is 2. The first-order chi connectivity index (χ1) is 17.8. The van der Waals surface area contributed by atoms with Crippen molar-refractivity contribution in [1.29, 1.82) is 0 Å². The first kappa shape index (κ1) is 21.2. The first-order valence-corrected chi connectivity index (χ1v) is 11.6. The van der Waals surface area contributed by atoms with Gasteiger partial charge in [0.05, 0.1) is 5.41 Å². The number of aromatic nitrogens is 4. The average molecular weight is 496 g/mol. The molecule has 184 valence electrons. The largest absolute Gasteiger partial charge is 0.508 e. The molecule has 0 radical (unpaired) electrons. The molecule has 4 aromatic rings. The number of aromatic amines is 2. The number of nitrogens with two attached hydrogens (primary N) is 1.